The first-order valence-corrected chi connectivity index (χ1v) is 6.95. The van der Waals surface area contributed by atoms with Crippen molar-refractivity contribution in [3.63, 3.8) is 0 Å². The van der Waals surface area contributed by atoms with Crippen LogP contribution in [0.2, 0.25) is 0 Å². The van der Waals surface area contributed by atoms with Gasteiger partial charge < -0.3 is 15.8 Å². The third-order valence-corrected chi connectivity index (χ3v) is 4.23. The number of fused-ring (bicyclic) bond motifs is 1. The van der Waals surface area contributed by atoms with Crippen LogP contribution in [0.5, 0.6) is 0 Å². The molecule has 1 aromatic carbocycles. The number of carbonyl (C=O) groups is 1. The molecule has 0 bridgehead atoms. The normalized spacial score (nSPS) is 20.4. The Balaban J connectivity index is 1.86. The van der Waals surface area contributed by atoms with Gasteiger partial charge in [-0.1, -0.05) is 12.1 Å². The molecule has 102 valence electrons. The number of carbonyl (C=O) groups excluding carboxylic acids is 1. The smallest absolute Gasteiger partial charge is 0.224 e. The van der Waals surface area contributed by atoms with Gasteiger partial charge in [0, 0.05) is 17.5 Å². The largest absolute Gasteiger partial charge is 0.379 e. The van der Waals surface area contributed by atoms with Crippen molar-refractivity contribution in [2.24, 2.45) is 5.73 Å². The van der Waals surface area contributed by atoms with Crippen molar-refractivity contribution in [2.75, 3.05) is 25.1 Å². The van der Waals surface area contributed by atoms with Crippen LogP contribution < -0.4 is 11.1 Å². The van der Waals surface area contributed by atoms with Crippen LogP contribution in [0.25, 0.3) is 0 Å². The molecule has 0 aromatic heterocycles. The van der Waals surface area contributed by atoms with Crippen LogP contribution in [-0.4, -0.2) is 25.7 Å². The van der Waals surface area contributed by atoms with Gasteiger partial charge in [0.2, 0.25) is 5.91 Å². The lowest BCUT2D eigenvalue weighted by Crippen LogP contribution is -2.47. The first-order chi connectivity index (χ1) is 9.23. The third kappa shape index (κ3) is 2.26. The molecule has 1 amide bonds. The first kappa shape index (κ1) is 12.6. The quantitative estimate of drug-likeness (QED) is 0.864. The number of ether oxygens (including phenoxy) is 1. The van der Waals surface area contributed by atoms with E-state index < -0.39 is 0 Å². The molecule has 2 aliphatic rings. The van der Waals surface area contributed by atoms with Gasteiger partial charge in [0.25, 0.3) is 0 Å². The summed E-state index contributed by atoms with van der Waals surface area (Å²) in [5.74, 6) is 0.116. The second kappa shape index (κ2) is 4.94. The highest BCUT2D eigenvalue weighted by Crippen LogP contribution is 2.38. The maximum atomic E-state index is 11.4. The van der Waals surface area contributed by atoms with Gasteiger partial charge in [-0.05, 0) is 43.0 Å². The summed E-state index contributed by atoms with van der Waals surface area (Å²) in [7, 11) is 0. The summed E-state index contributed by atoms with van der Waals surface area (Å²) < 4.78 is 5.44. The summed E-state index contributed by atoms with van der Waals surface area (Å²) in [4.78, 5) is 11.4. The second-order valence-electron chi connectivity index (χ2n) is 5.59. The van der Waals surface area contributed by atoms with Crippen molar-refractivity contribution < 1.29 is 9.53 Å². The summed E-state index contributed by atoms with van der Waals surface area (Å²) in [6, 6.07) is 6.40. The molecule has 1 fully saturated rings. The Hall–Kier alpha value is -1.39. The lowest BCUT2D eigenvalue weighted by molar-refractivity contribution is -0.116. The topological polar surface area (TPSA) is 64.4 Å². The van der Waals surface area contributed by atoms with E-state index in [0.29, 0.717) is 6.42 Å². The number of amides is 1. The molecule has 0 spiro atoms. The number of nitrogens with one attached hydrogen (secondary N) is 1. The van der Waals surface area contributed by atoms with Crippen molar-refractivity contribution in [2.45, 2.75) is 31.1 Å². The van der Waals surface area contributed by atoms with E-state index in [4.69, 9.17) is 10.5 Å². The van der Waals surface area contributed by atoms with Crippen molar-refractivity contribution >= 4 is 11.6 Å². The highest BCUT2D eigenvalue weighted by Gasteiger charge is 2.40. The zero-order valence-electron chi connectivity index (χ0n) is 11.1. The second-order valence-corrected chi connectivity index (χ2v) is 5.59. The van der Waals surface area contributed by atoms with Crippen molar-refractivity contribution in [3.8, 4) is 0 Å². The van der Waals surface area contributed by atoms with E-state index >= 15 is 0 Å². The predicted molar refractivity (Wildman–Crippen MR) is 74.2 cm³/mol. The minimum Gasteiger partial charge on any atom is -0.379 e. The van der Waals surface area contributed by atoms with Crippen LogP contribution in [0.3, 0.4) is 0 Å². The molecule has 4 heteroatoms. The van der Waals surface area contributed by atoms with Crippen molar-refractivity contribution in [1.29, 1.82) is 0 Å². The van der Waals surface area contributed by atoms with E-state index in [1.54, 1.807) is 0 Å². The van der Waals surface area contributed by atoms with Gasteiger partial charge >= 0.3 is 0 Å². The van der Waals surface area contributed by atoms with Crippen molar-refractivity contribution in [1.82, 2.24) is 0 Å². The van der Waals surface area contributed by atoms with Crippen LogP contribution in [0.1, 0.15) is 30.4 Å². The maximum absolute atomic E-state index is 11.4. The Morgan fingerprint density at radius 1 is 1.32 bits per heavy atom. The number of anilines is 1. The molecule has 0 saturated carbocycles. The van der Waals surface area contributed by atoms with E-state index in [0.717, 1.165) is 44.7 Å². The predicted octanol–water partition coefficient (Wildman–Crippen LogP) is 1.58. The van der Waals surface area contributed by atoms with E-state index in [1.807, 2.05) is 6.07 Å². The van der Waals surface area contributed by atoms with Crippen LogP contribution in [-0.2, 0) is 21.4 Å². The highest BCUT2D eigenvalue weighted by atomic mass is 16.5. The molecule has 19 heavy (non-hydrogen) atoms. The fraction of sp³-hybridized carbons (Fsp3) is 0.533. The zero-order chi connectivity index (χ0) is 13.3. The van der Waals surface area contributed by atoms with Gasteiger partial charge in [0.1, 0.15) is 0 Å². The molecule has 2 heterocycles. The maximum Gasteiger partial charge on any atom is 0.224 e. The number of hydrogen-bond acceptors (Lipinski definition) is 3. The fourth-order valence-electron chi connectivity index (χ4n) is 2.96. The Labute approximate surface area is 113 Å². The van der Waals surface area contributed by atoms with Gasteiger partial charge in [-0.3, -0.25) is 4.79 Å². The number of benzene rings is 1. The summed E-state index contributed by atoms with van der Waals surface area (Å²) in [5, 5.41) is 2.93. The van der Waals surface area contributed by atoms with E-state index in [9.17, 15) is 4.79 Å². The molecular formula is C15H20N2O2. The van der Waals surface area contributed by atoms with Gasteiger partial charge in [0.15, 0.2) is 0 Å². The van der Waals surface area contributed by atoms with E-state index in [-0.39, 0.29) is 11.3 Å². The minimum atomic E-state index is 0.116. The Bertz CT molecular complexity index is 495. The van der Waals surface area contributed by atoms with Crippen LogP contribution >= 0.6 is 0 Å². The molecule has 2 aliphatic heterocycles. The number of rotatable bonds is 4. The van der Waals surface area contributed by atoms with E-state index in [1.165, 1.54) is 11.1 Å². The molecule has 0 radical (unpaired) electrons. The van der Waals surface area contributed by atoms with Gasteiger partial charge in [-0.25, -0.2) is 0 Å². The Kier molecular flexibility index (Phi) is 3.29. The van der Waals surface area contributed by atoms with E-state index in [2.05, 4.69) is 17.4 Å². The summed E-state index contributed by atoms with van der Waals surface area (Å²) in [6.07, 6.45) is 3.53. The molecule has 0 atom stereocenters. The molecule has 3 N–H and O–H groups in total. The minimum absolute atomic E-state index is 0.116. The first-order valence-electron chi connectivity index (χ1n) is 6.95. The molecule has 4 nitrogen and oxygen atoms in total. The fourth-order valence-corrected chi connectivity index (χ4v) is 2.96. The molecule has 3 rings (SSSR count). The summed E-state index contributed by atoms with van der Waals surface area (Å²) >= 11 is 0. The van der Waals surface area contributed by atoms with Crippen LogP contribution in [0.4, 0.5) is 5.69 Å². The van der Waals surface area contributed by atoms with Gasteiger partial charge in [0.05, 0.1) is 13.2 Å². The molecule has 1 saturated heterocycles. The number of nitrogens with two attached hydrogens (primary N) is 1. The highest BCUT2D eigenvalue weighted by molar-refractivity contribution is 5.93. The monoisotopic (exact) mass is 260 g/mol. The van der Waals surface area contributed by atoms with Crippen molar-refractivity contribution in [3.05, 3.63) is 29.3 Å². The average Bonchev–Trinajstić information content (AvgIpc) is 2.37. The molecule has 1 aromatic rings. The van der Waals surface area contributed by atoms with Crippen LogP contribution in [0.15, 0.2) is 18.2 Å². The molecule has 0 unspecified atom stereocenters. The summed E-state index contributed by atoms with van der Waals surface area (Å²) in [6.45, 7) is 2.30. The summed E-state index contributed by atoms with van der Waals surface area (Å²) in [5.41, 5.74) is 9.33. The molecular weight excluding hydrogens is 240 g/mol. The average molecular weight is 260 g/mol. The molecule has 0 aliphatic carbocycles. The standard InChI is InChI=1S/C15H20N2O2/c16-7-1-6-15(9-19-10-15)12-3-4-13-11(8-12)2-5-14(18)17-13/h3-4,8H,1-2,5-7,9-10,16H2,(H,17,18). The van der Waals surface area contributed by atoms with Gasteiger partial charge in [-0.2, -0.15) is 0 Å². The SMILES string of the molecule is NCCCC1(c2ccc3c(c2)CCC(=O)N3)COC1. The Morgan fingerprint density at radius 2 is 2.16 bits per heavy atom. The number of aryl methyl sites for hydroxylation is 1. The lowest BCUT2D eigenvalue weighted by atomic mass is 9.74. The lowest BCUT2D eigenvalue weighted by Gasteiger charge is -2.42. The van der Waals surface area contributed by atoms with Crippen LogP contribution in [0, 0.1) is 0 Å². The van der Waals surface area contributed by atoms with Gasteiger partial charge in [-0.15, -0.1) is 0 Å². The number of hydrogen-bond donors (Lipinski definition) is 2. The zero-order valence-corrected chi connectivity index (χ0v) is 11.1. The third-order valence-electron chi connectivity index (χ3n) is 4.23. The Morgan fingerprint density at radius 3 is 2.84 bits per heavy atom.